The average Bonchev–Trinajstić information content (AvgIpc) is 3.57. The van der Waals surface area contributed by atoms with Crippen LogP contribution in [0.5, 0.6) is 11.5 Å². The Bertz CT molecular complexity index is 1400. The molecule has 4 aromatic rings. The van der Waals surface area contributed by atoms with Crippen molar-refractivity contribution in [2.45, 2.75) is 62.0 Å². The third-order valence-corrected chi connectivity index (χ3v) is 8.17. The van der Waals surface area contributed by atoms with Crippen LogP contribution in [0.3, 0.4) is 0 Å². The number of hydrogen-bond donors (Lipinski definition) is 2. The molecule has 0 radical (unpaired) electrons. The van der Waals surface area contributed by atoms with Crippen LogP contribution in [0.25, 0.3) is 11.2 Å². The number of anilines is 1. The predicted octanol–water partition coefficient (Wildman–Crippen LogP) is 4.75. The number of ketones is 1. The summed E-state index contributed by atoms with van der Waals surface area (Å²) in [5, 5.41) is 0.746. The summed E-state index contributed by atoms with van der Waals surface area (Å²) in [6.45, 7) is 2.39. The summed E-state index contributed by atoms with van der Waals surface area (Å²) in [5.74, 6) is 3.02. The van der Waals surface area contributed by atoms with E-state index in [1.54, 1.807) is 6.92 Å². The van der Waals surface area contributed by atoms with Gasteiger partial charge in [-0.3, -0.25) is 4.57 Å². The fourth-order valence-electron chi connectivity index (χ4n) is 4.03. The van der Waals surface area contributed by atoms with E-state index >= 15 is 0 Å². The summed E-state index contributed by atoms with van der Waals surface area (Å²) in [6.07, 6.45) is 9.00. The Morgan fingerprint density at radius 2 is 1.97 bits per heavy atom. The molecule has 36 heavy (non-hydrogen) atoms. The largest absolute Gasteiger partial charge is 0.454 e. The predicted molar refractivity (Wildman–Crippen MR) is 144 cm³/mol. The number of benzene rings is 1. The first kappa shape index (κ1) is 24.8. The van der Waals surface area contributed by atoms with E-state index in [0.29, 0.717) is 29.9 Å². The maximum atomic E-state index is 11.1. The summed E-state index contributed by atoms with van der Waals surface area (Å²) in [7, 11) is 0. The molecule has 10 nitrogen and oxygen atoms in total. The standard InChI is InChI=1S/C24H26IN7O3S/c1-14(33)6-4-2-3-5-7-20-27-10-15(30-20)11-32-23-21(22(26)28-12-29-23)31-24(32)36-19-9-18-17(8-16(19)25)34-13-35-18/h8-10,12H,2-7,11,13H2,1H3,(H,27,30)(H2,26,28,29). The maximum Gasteiger partial charge on any atom is 0.231 e. The molecule has 0 spiro atoms. The molecule has 1 aliphatic rings. The van der Waals surface area contributed by atoms with Crippen molar-refractivity contribution >= 4 is 57.1 Å². The van der Waals surface area contributed by atoms with Crippen LogP contribution in [0.4, 0.5) is 5.82 Å². The molecule has 1 aliphatic heterocycles. The number of carbonyl (C=O) groups excluding carboxylic acids is 1. The Labute approximate surface area is 225 Å². The van der Waals surface area contributed by atoms with Crippen LogP contribution in [-0.2, 0) is 17.8 Å². The smallest absolute Gasteiger partial charge is 0.231 e. The number of fused-ring (bicyclic) bond motifs is 2. The van der Waals surface area contributed by atoms with Crippen molar-refractivity contribution in [3.05, 3.63) is 39.7 Å². The number of nitrogens with two attached hydrogens (primary N) is 1. The Morgan fingerprint density at radius 3 is 2.81 bits per heavy atom. The van der Waals surface area contributed by atoms with Gasteiger partial charge in [-0.1, -0.05) is 24.6 Å². The molecule has 0 saturated heterocycles. The lowest BCUT2D eigenvalue weighted by atomic mass is 10.1. The first-order chi connectivity index (χ1) is 17.5. The SMILES string of the molecule is CC(=O)CCCCCCc1ncc(Cn2c(Sc3cc4c(cc3I)OCO4)nc3c(N)ncnc32)[nH]1. The van der Waals surface area contributed by atoms with Gasteiger partial charge < -0.3 is 25.0 Å². The lowest BCUT2D eigenvalue weighted by molar-refractivity contribution is -0.117. The molecule has 3 aromatic heterocycles. The zero-order valence-electron chi connectivity index (χ0n) is 19.8. The summed E-state index contributed by atoms with van der Waals surface area (Å²) >= 11 is 3.81. The normalized spacial score (nSPS) is 12.5. The van der Waals surface area contributed by atoms with Gasteiger partial charge in [0, 0.05) is 21.3 Å². The third kappa shape index (κ3) is 5.59. The van der Waals surface area contributed by atoms with E-state index < -0.39 is 0 Å². The summed E-state index contributed by atoms with van der Waals surface area (Å²) in [5.41, 5.74) is 8.32. The number of imidazole rings is 2. The van der Waals surface area contributed by atoms with E-state index in [9.17, 15) is 4.79 Å². The van der Waals surface area contributed by atoms with E-state index in [1.807, 2.05) is 22.9 Å². The minimum absolute atomic E-state index is 0.227. The van der Waals surface area contributed by atoms with Gasteiger partial charge in [-0.05, 0) is 54.5 Å². The fraction of sp³-hybridized carbons (Fsp3) is 0.375. The van der Waals surface area contributed by atoms with Gasteiger partial charge in [0.1, 0.15) is 17.9 Å². The van der Waals surface area contributed by atoms with Crippen LogP contribution >= 0.6 is 34.4 Å². The molecule has 0 fully saturated rings. The zero-order chi connectivity index (χ0) is 25.1. The van der Waals surface area contributed by atoms with Gasteiger partial charge in [0.2, 0.25) is 6.79 Å². The number of unbranched alkanes of at least 4 members (excludes halogenated alkanes) is 3. The van der Waals surface area contributed by atoms with Crippen molar-refractivity contribution < 1.29 is 14.3 Å². The fourth-order valence-corrected chi connectivity index (χ4v) is 5.72. The highest BCUT2D eigenvalue weighted by atomic mass is 127. The van der Waals surface area contributed by atoms with Crippen molar-refractivity contribution in [2.24, 2.45) is 0 Å². The molecule has 188 valence electrons. The maximum absolute atomic E-state index is 11.1. The summed E-state index contributed by atoms with van der Waals surface area (Å²) in [4.78, 5) is 33.4. The van der Waals surface area contributed by atoms with Crippen LogP contribution in [0.2, 0.25) is 0 Å². The molecule has 0 saturated carbocycles. The first-order valence-corrected chi connectivity index (χ1v) is 13.6. The second-order valence-corrected chi connectivity index (χ2v) is 10.8. The molecule has 1 aromatic carbocycles. The van der Waals surface area contributed by atoms with Gasteiger partial charge in [-0.2, -0.15) is 0 Å². The van der Waals surface area contributed by atoms with Crippen LogP contribution in [0, 0.1) is 3.57 Å². The highest BCUT2D eigenvalue weighted by Gasteiger charge is 2.21. The highest BCUT2D eigenvalue weighted by Crippen LogP contribution is 2.41. The van der Waals surface area contributed by atoms with Gasteiger partial charge >= 0.3 is 0 Å². The number of Topliss-reactive ketones (excluding diaryl/α,β-unsaturated/α-hetero) is 1. The molecular formula is C24H26IN7O3S. The molecule has 0 atom stereocenters. The zero-order valence-corrected chi connectivity index (χ0v) is 22.8. The summed E-state index contributed by atoms with van der Waals surface area (Å²) in [6, 6.07) is 3.94. The van der Waals surface area contributed by atoms with Crippen molar-refractivity contribution in [3.63, 3.8) is 0 Å². The van der Waals surface area contributed by atoms with Crippen molar-refractivity contribution in [3.8, 4) is 11.5 Å². The molecule has 5 rings (SSSR count). The number of ether oxygens (including phenoxy) is 2. The van der Waals surface area contributed by atoms with E-state index in [2.05, 4.69) is 42.5 Å². The van der Waals surface area contributed by atoms with E-state index in [4.69, 9.17) is 20.2 Å². The number of halogens is 1. The number of nitrogen functional groups attached to an aromatic ring is 1. The van der Waals surface area contributed by atoms with Gasteiger partial charge in [-0.15, -0.1) is 0 Å². The molecule has 12 heteroatoms. The van der Waals surface area contributed by atoms with E-state index in [-0.39, 0.29) is 12.6 Å². The average molecular weight is 619 g/mol. The first-order valence-electron chi connectivity index (χ1n) is 11.7. The van der Waals surface area contributed by atoms with Crippen molar-refractivity contribution in [1.29, 1.82) is 0 Å². The minimum atomic E-state index is 0.227. The van der Waals surface area contributed by atoms with Crippen LogP contribution in [-0.4, -0.2) is 42.1 Å². The third-order valence-electron chi connectivity index (χ3n) is 5.86. The topological polar surface area (TPSA) is 134 Å². The molecule has 0 unspecified atom stereocenters. The number of carbonyl (C=O) groups is 1. The number of aromatic amines is 1. The molecule has 0 aliphatic carbocycles. The van der Waals surface area contributed by atoms with Crippen LogP contribution < -0.4 is 15.2 Å². The van der Waals surface area contributed by atoms with Gasteiger partial charge in [0.15, 0.2) is 33.6 Å². The van der Waals surface area contributed by atoms with Crippen LogP contribution in [0.15, 0.2) is 34.7 Å². The molecule has 4 heterocycles. The quantitative estimate of drug-likeness (QED) is 0.180. The van der Waals surface area contributed by atoms with Crippen molar-refractivity contribution in [2.75, 3.05) is 12.5 Å². The number of aryl methyl sites for hydroxylation is 1. The number of nitrogens with one attached hydrogen (secondary N) is 1. The van der Waals surface area contributed by atoms with Gasteiger partial charge in [-0.25, -0.2) is 19.9 Å². The van der Waals surface area contributed by atoms with E-state index in [1.165, 1.54) is 18.1 Å². The number of rotatable bonds is 11. The second kappa shape index (κ2) is 11.0. The number of hydrogen-bond acceptors (Lipinski definition) is 9. The number of aromatic nitrogens is 6. The highest BCUT2D eigenvalue weighted by molar-refractivity contribution is 14.1. The Balaban J connectivity index is 1.33. The Morgan fingerprint density at radius 1 is 1.17 bits per heavy atom. The van der Waals surface area contributed by atoms with E-state index in [0.717, 1.165) is 68.7 Å². The Kier molecular flexibility index (Phi) is 7.60. The molecule has 3 N–H and O–H groups in total. The van der Waals surface area contributed by atoms with Gasteiger partial charge in [0.05, 0.1) is 18.4 Å². The lowest BCUT2D eigenvalue weighted by Gasteiger charge is -2.09. The Hall–Kier alpha value is -2.87. The van der Waals surface area contributed by atoms with Crippen molar-refractivity contribution in [1.82, 2.24) is 29.5 Å². The minimum Gasteiger partial charge on any atom is -0.454 e. The number of nitrogens with zero attached hydrogens (tertiary/aromatic N) is 5. The monoisotopic (exact) mass is 619 g/mol. The molecule has 0 bridgehead atoms. The summed E-state index contributed by atoms with van der Waals surface area (Å²) < 4.78 is 14.1. The van der Waals surface area contributed by atoms with Crippen LogP contribution in [0.1, 0.15) is 50.5 Å². The second-order valence-electron chi connectivity index (χ2n) is 8.62. The van der Waals surface area contributed by atoms with Gasteiger partial charge in [0.25, 0.3) is 0 Å². The molecular weight excluding hydrogens is 593 g/mol. The lowest BCUT2D eigenvalue weighted by Crippen LogP contribution is -2.04. The molecule has 0 amide bonds. The number of H-pyrrole nitrogens is 1.